The summed E-state index contributed by atoms with van der Waals surface area (Å²) in [7, 11) is 0. The summed E-state index contributed by atoms with van der Waals surface area (Å²) in [5, 5.41) is 6.97. The molecule has 0 aliphatic rings. The lowest BCUT2D eigenvalue weighted by molar-refractivity contribution is 0.287. The Morgan fingerprint density at radius 1 is 1.09 bits per heavy atom. The monoisotopic (exact) mass is 314 g/mol. The van der Waals surface area contributed by atoms with E-state index in [9.17, 15) is 0 Å². The molecule has 0 spiro atoms. The highest BCUT2D eigenvalue weighted by Gasteiger charge is 2.06. The molecule has 0 unspecified atom stereocenters. The highest BCUT2D eigenvalue weighted by Crippen LogP contribution is 2.16. The van der Waals surface area contributed by atoms with Gasteiger partial charge in [-0.2, -0.15) is 0 Å². The first-order chi connectivity index (χ1) is 10.5. The molecule has 0 bridgehead atoms. The van der Waals surface area contributed by atoms with Gasteiger partial charge in [-0.05, 0) is 68.4 Å². The van der Waals surface area contributed by atoms with Gasteiger partial charge in [0.15, 0.2) is 5.11 Å². The molecule has 0 amide bonds. The van der Waals surface area contributed by atoms with Crippen molar-refractivity contribution in [1.29, 1.82) is 0 Å². The lowest BCUT2D eigenvalue weighted by Crippen LogP contribution is -2.39. The fourth-order valence-corrected chi connectivity index (χ4v) is 2.30. The maximum Gasteiger partial charge on any atom is 0.171 e. The minimum absolute atomic E-state index is 0.116. The fraction of sp³-hybridized carbons (Fsp3) is 0.278. The maximum atomic E-state index is 5.80. The summed E-state index contributed by atoms with van der Waals surface area (Å²) < 4.78 is 5.80. The van der Waals surface area contributed by atoms with E-state index in [2.05, 4.69) is 36.6 Å². The van der Waals surface area contributed by atoms with Crippen molar-refractivity contribution in [2.24, 2.45) is 0 Å². The second-order valence-corrected chi connectivity index (χ2v) is 5.83. The average Bonchev–Trinajstić information content (AvgIpc) is 2.49. The van der Waals surface area contributed by atoms with Crippen LogP contribution in [0.2, 0.25) is 0 Å². The lowest BCUT2D eigenvalue weighted by atomic mass is 10.1. The molecule has 0 saturated heterocycles. The van der Waals surface area contributed by atoms with E-state index in [0.29, 0.717) is 11.7 Å². The molecular weight excluding hydrogens is 292 g/mol. The lowest BCUT2D eigenvalue weighted by Gasteiger charge is -2.18. The van der Waals surface area contributed by atoms with E-state index in [1.54, 1.807) is 0 Å². The summed E-state index contributed by atoms with van der Waals surface area (Å²) in [6.07, 6.45) is 0. The van der Waals surface area contributed by atoms with E-state index < -0.39 is 0 Å². The smallest absolute Gasteiger partial charge is 0.171 e. The molecule has 22 heavy (non-hydrogen) atoms. The number of para-hydroxylation sites is 1. The van der Waals surface area contributed by atoms with E-state index >= 15 is 0 Å². The first-order valence-corrected chi connectivity index (χ1v) is 7.78. The largest absolute Gasteiger partial charge is 0.491 e. The van der Waals surface area contributed by atoms with Crippen LogP contribution in [0.3, 0.4) is 0 Å². The van der Waals surface area contributed by atoms with Gasteiger partial charge in [0.25, 0.3) is 0 Å². The van der Waals surface area contributed by atoms with Gasteiger partial charge >= 0.3 is 0 Å². The standard InChI is InChI=1S/C18H22N2OS/c1-13-9-10-17(11-14(13)2)21-12-15(3)19-18(22)20-16-7-5-4-6-8-16/h4-11,15H,12H2,1-3H3,(H2,19,20,22)/t15-/m0/s1. The second-order valence-electron chi connectivity index (χ2n) is 5.42. The van der Waals surface area contributed by atoms with Crippen LogP contribution in [0.4, 0.5) is 5.69 Å². The minimum Gasteiger partial charge on any atom is -0.491 e. The van der Waals surface area contributed by atoms with Crippen LogP contribution in [0.15, 0.2) is 48.5 Å². The first-order valence-electron chi connectivity index (χ1n) is 7.37. The maximum absolute atomic E-state index is 5.80. The number of hydrogen-bond donors (Lipinski definition) is 2. The quantitative estimate of drug-likeness (QED) is 0.816. The van der Waals surface area contributed by atoms with Crippen LogP contribution in [0, 0.1) is 13.8 Å². The molecular formula is C18H22N2OS. The van der Waals surface area contributed by atoms with Gasteiger partial charge < -0.3 is 15.4 Å². The van der Waals surface area contributed by atoms with Crippen molar-refractivity contribution >= 4 is 23.0 Å². The molecule has 116 valence electrons. The molecule has 0 aromatic heterocycles. The second kappa shape index (κ2) is 7.80. The number of hydrogen-bond acceptors (Lipinski definition) is 2. The molecule has 0 heterocycles. The molecule has 1 atom stereocenters. The Balaban J connectivity index is 1.78. The van der Waals surface area contributed by atoms with Crippen molar-refractivity contribution in [2.45, 2.75) is 26.8 Å². The van der Waals surface area contributed by atoms with Crippen LogP contribution in [0.1, 0.15) is 18.1 Å². The third kappa shape index (κ3) is 5.04. The Labute approximate surface area is 137 Å². The van der Waals surface area contributed by atoms with Gasteiger partial charge in [-0.25, -0.2) is 0 Å². The topological polar surface area (TPSA) is 33.3 Å². The van der Waals surface area contributed by atoms with Crippen molar-refractivity contribution < 1.29 is 4.74 Å². The molecule has 2 aromatic rings. The summed E-state index contributed by atoms with van der Waals surface area (Å²) in [4.78, 5) is 0. The highest BCUT2D eigenvalue weighted by atomic mass is 32.1. The van der Waals surface area contributed by atoms with E-state index in [-0.39, 0.29) is 6.04 Å². The molecule has 0 saturated carbocycles. The molecule has 2 N–H and O–H groups in total. The summed E-state index contributed by atoms with van der Waals surface area (Å²) >= 11 is 5.30. The fourth-order valence-electron chi connectivity index (χ4n) is 1.98. The minimum atomic E-state index is 0.116. The summed E-state index contributed by atoms with van der Waals surface area (Å²) in [6.45, 7) is 6.78. The van der Waals surface area contributed by atoms with Gasteiger partial charge in [0, 0.05) is 5.69 Å². The van der Waals surface area contributed by atoms with Gasteiger partial charge in [0.2, 0.25) is 0 Å². The Morgan fingerprint density at radius 2 is 1.82 bits per heavy atom. The van der Waals surface area contributed by atoms with Crippen molar-refractivity contribution in [1.82, 2.24) is 5.32 Å². The Kier molecular flexibility index (Phi) is 5.78. The number of benzene rings is 2. The van der Waals surface area contributed by atoms with Crippen LogP contribution in [-0.2, 0) is 0 Å². The summed E-state index contributed by atoms with van der Waals surface area (Å²) in [5.74, 6) is 0.888. The zero-order valence-electron chi connectivity index (χ0n) is 13.2. The molecule has 0 radical (unpaired) electrons. The highest BCUT2D eigenvalue weighted by molar-refractivity contribution is 7.80. The number of anilines is 1. The van der Waals surface area contributed by atoms with Gasteiger partial charge in [-0.15, -0.1) is 0 Å². The predicted octanol–water partition coefficient (Wildman–Crippen LogP) is 4.06. The molecule has 0 aliphatic heterocycles. The van der Waals surface area contributed by atoms with Gasteiger partial charge in [0.05, 0.1) is 6.04 Å². The van der Waals surface area contributed by atoms with Crippen molar-refractivity contribution in [3.63, 3.8) is 0 Å². The van der Waals surface area contributed by atoms with Gasteiger partial charge in [-0.1, -0.05) is 24.3 Å². The van der Waals surface area contributed by atoms with Crippen LogP contribution < -0.4 is 15.4 Å². The molecule has 4 heteroatoms. The molecule has 0 fully saturated rings. The Bertz CT molecular complexity index is 628. The van der Waals surface area contributed by atoms with Gasteiger partial charge in [0.1, 0.15) is 12.4 Å². The van der Waals surface area contributed by atoms with E-state index in [1.165, 1.54) is 11.1 Å². The van der Waals surface area contributed by atoms with Crippen LogP contribution in [-0.4, -0.2) is 17.8 Å². The zero-order chi connectivity index (χ0) is 15.9. The number of ether oxygens (including phenoxy) is 1. The predicted molar refractivity (Wildman–Crippen MR) is 96.7 cm³/mol. The third-order valence-electron chi connectivity index (χ3n) is 3.39. The number of thiocarbonyl (C=S) groups is 1. The molecule has 2 aromatic carbocycles. The summed E-state index contributed by atoms with van der Waals surface area (Å²) in [6, 6.07) is 16.1. The Hall–Kier alpha value is -2.07. The summed E-state index contributed by atoms with van der Waals surface area (Å²) in [5.41, 5.74) is 3.48. The van der Waals surface area contributed by atoms with Crippen LogP contribution in [0.5, 0.6) is 5.75 Å². The van der Waals surface area contributed by atoms with E-state index in [1.807, 2.05) is 43.3 Å². The van der Waals surface area contributed by atoms with Crippen LogP contribution >= 0.6 is 12.2 Å². The number of rotatable bonds is 5. The van der Waals surface area contributed by atoms with E-state index in [0.717, 1.165) is 11.4 Å². The van der Waals surface area contributed by atoms with Crippen molar-refractivity contribution in [2.75, 3.05) is 11.9 Å². The first kappa shape index (κ1) is 16.3. The molecule has 3 nitrogen and oxygen atoms in total. The van der Waals surface area contributed by atoms with Crippen LogP contribution in [0.25, 0.3) is 0 Å². The van der Waals surface area contributed by atoms with Crippen molar-refractivity contribution in [3.05, 3.63) is 59.7 Å². The molecule has 0 aliphatic carbocycles. The van der Waals surface area contributed by atoms with E-state index in [4.69, 9.17) is 17.0 Å². The Morgan fingerprint density at radius 3 is 2.50 bits per heavy atom. The number of nitrogens with one attached hydrogen (secondary N) is 2. The normalized spacial score (nSPS) is 11.6. The third-order valence-corrected chi connectivity index (χ3v) is 3.61. The van der Waals surface area contributed by atoms with Crippen molar-refractivity contribution in [3.8, 4) is 5.75 Å². The molecule has 2 rings (SSSR count). The SMILES string of the molecule is Cc1ccc(OC[C@H](C)NC(=S)Nc2ccccc2)cc1C. The zero-order valence-corrected chi connectivity index (χ0v) is 14.0. The number of aryl methyl sites for hydroxylation is 2. The average molecular weight is 314 g/mol. The van der Waals surface area contributed by atoms with Gasteiger partial charge in [-0.3, -0.25) is 0 Å².